The first-order chi connectivity index (χ1) is 9.74. The predicted molar refractivity (Wildman–Crippen MR) is 75.1 cm³/mol. The number of fused-ring (bicyclic) bond motifs is 1. The lowest BCUT2D eigenvalue weighted by atomic mass is 10.2. The quantitative estimate of drug-likeness (QED) is 0.742. The van der Waals surface area contributed by atoms with Gasteiger partial charge < -0.3 is 10.4 Å². The van der Waals surface area contributed by atoms with Crippen molar-refractivity contribution in [3.05, 3.63) is 36.2 Å². The topological polar surface area (TPSA) is 92.9 Å². The van der Waals surface area contributed by atoms with Crippen LogP contribution in [0.5, 0.6) is 0 Å². The van der Waals surface area contributed by atoms with E-state index in [1.54, 1.807) is 0 Å². The average molecular weight is 289 g/mol. The van der Waals surface area contributed by atoms with Gasteiger partial charge in [0.2, 0.25) is 0 Å². The number of anilines is 1. The van der Waals surface area contributed by atoms with Crippen LogP contribution in [-0.2, 0) is 6.54 Å². The molecule has 0 saturated heterocycles. The molecule has 0 spiro atoms. The molecule has 0 aliphatic carbocycles. The molecule has 0 bridgehead atoms. The summed E-state index contributed by atoms with van der Waals surface area (Å²) in [7, 11) is 0. The Balaban J connectivity index is 1.63. The smallest absolute Gasteiger partial charge is 0.358 e. The van der Waals surface area contributed by atoms with Crippen molar-refractivity contribution >= 4 is 33.4 Å². The van der Waals surface area contributed by atoms with E-state index < -0.39 is 5.97 Å². The van der Waals surface area contributed by atoms with Gasteiger partial charge in [0, 0.05) is 11.9 Å². The molecule has 3 rings (SSSR count). The second-order valence-corrected chi connectivity index (χ2v) is 4.90. The van der Waals surface area contributed by atoms with Crippen LogP contribution >= 0.6 is 11.5 Å². The predicted octanol–water partition coefficient (Wildman–Crippen LogP) is 1.70. The Hall–Kier alpha value is -2.48. The van der Waals surface area contributed by atoms with Gasteiger partial charge >= 0.3 is 5.97 Å². The first kappa shape index (κ1) is 12.5. The van der Waals surface area contributed by atoms with E-state index in [9.17, 15) is 4.79 Å². The fraction of sp³-hybridized carbons (Fsp3) is 0.167. The summed E-state index contributed by atoms with van der Waals surface area (Å²) >= 11 is 1.41. The number of aromatic nitrogens is 4. The summed E-state index contributed by atoms with van der Waals surface area (Å²) in [5.74, 6) is -1.07. The zero-order valence-corrected chi connectivity index (χ0v) is 11.2. The Morgan fingerprint density at radius 2 is 2.25 bits per heavy atom. The molecule has 0 aliphatic heterocycles. The highest BCUT2D eigenvalue weighted by atomic mass is 32.1. The molecule has 2 aromatic heterocycles. The number of nitrogens with one attached hydrogen (secondary N) is 1. The van der Waals surface area contributed by atoms with Gasteiger partial charge in [0.15, 0.2) is 5.69 Å². The second kappa shape index (κ2) is 5.25. The number of carboxylic acids is 1. The first-order valence-corrected chi connectivity index (χ1v) is 6.73. The molecule has 20 heavy (non-hydrogen) atoms. The van der Waals surface area contributed by atoms with E-state index in [0.29, 0.717) is 13.1 Å². The minimum absolute atomic E-state index is 0.0479. The number of aromatic carboxylic acids is 1. The van der Waals surface area contributed by atoms with Crippen LogP contribution in [0.25, 0.3) is 10.9 Å². The molecular weight excluding hydrogens is 278 g/mol. The fourth-order valence-electron chi connectivity index (χ4n) is 1.81. The van der Waals surface area contributed by atoms with Gasteiger partial charge in [-0.1, -0.05) is 17.3 Å². The summed E-state index contributed by atoms with van der Waals surface area (Å²) in [6.45, 7) is 1.15. The van der Waals surface area contributed by atoms with Gasteiger partial charge in [-0.05, 0) is 23.7 Å². The lowest BCUT2D eigenvalue weighted by Gasteiger charge is -2.03. The SMILES string of the molecule is O=C(O)c1cn(CCNc2snc3ccccc23)nn1. The van der Waals surface area contributed by atoms with Gasteiger partial charge in [-0.25, -0.2) is 9.48 Å². The number of benzene rings is 1. The Labute approximate surface area is 118 Å². The van der Waals surface area contributed by atoms with Crippen molar-refractivity contribution in [2.75, 3.05) is 11.9 Å². The van der Waals surface area contributed by atoms with Crippen LogP contribution in [0.1, 0.15) is 10.5 Å². The van der Waals surface area contributed by atoms with E-state index in [0.717, 1.165) is 15.9 Å². The number of carboxylic acid groups (broad SMARTS) is 1. The molecule has 1 aromatic carbocycles. The minimum Gasteiger partial charge on any atom is -0.476 e. The molecule has 0 amide bonds. The molecule has 102 valence electrons. The van der Waals surface area contributed by atoms with E-state index >= 15 is 0 Å². The average Bonchev–Trinajstić information content (AvgIpc) is 3.06. The third-order valence-electron chi connectivity index (χ3n) is 2.77. The third-order valence-corrected chi connectivity index (χ3v) is 3.60. The van der Waals surface area contributed by atoms with E-state index in [4.69, 9.17) is 5.11 Å². The van der Waals surface area contributed by atoms with Crippen LogP contribution in [0.3, 0.4) is 0 Å². The van der Waals surface area contributed by atoms with Crippen LogP contribution in [0, 0.1) is 0 Å². The van der Waals surface area contributed by atoms with Crippen molar-refractivity contribution in [1.82, 2.24) is 19.4 Å². The van der Waals surface area contributed by atoms with Gasteiger partial charge in [0.25, 0.3) is 0 Å². The van der Waals surface area contributed by atoms with Crippen molar-refractivity contribution in [3.8, 4) is 0 Å². The zero-order valence-electron chi connectivity index (χ0n) is 10.4. The highest BCUT2D eigenvalue weighted by Crippen LogP contribution is 2.26. The van der Waals surface area contributed by atoms with E-state index in [1.165, 1.54) is 22.4 Å². The number of nitrogens with zero attached hydrogens (tertiary/aromatic N) is 4. The van der Waals surface area contributed by atoms with Crippen molar-refractivity contribution in [2.45, 2.75) is 6.54 Å². The van der Waals surface area contributed by atoms with Crippen LogP contribution < -0.4 is 5.32 Å². The van der Waals surface area contributed by atoms with E-state index in [-0.39, 0.29) is 5.69 Å². The standard InChI is InChI=1S/C12H11N5O2S/c18-12(19)10-7-17(16-14-10)6-5-13-11-8-3-1-2-4-9(8)15-20-11/h1-4,7,13H,5-6H2,(H,18,19). The van der Waals surface area contributed by atoms with E-state index in [2.05, 4.69) is 20.0 Å². The van der Waals surface area contributed by atoms with Gasteiger partial charge in [0.1, 0.15) is 5.00 Å². The van der Waals surface area contributed by atoms with Crippen molar-refractivity contribution in [1.29, 1.82) is 0 Å². The summed E-state index contributed by atoms with van der Waals surface area (Å²) in [5, 5.41) is 21.4. The lowest BCUT2D eigenvalue weighted by molar-refractivity contribution is 0.0690. The molecule has 3 aromatic rings. The van der Waals surface area contributed by atoms with Crippen LogP contribution in [-0.4, -0.2) is 37.0 Å². The molecule has 0 atom stereocenters. The maximum Gasteiger partial charge on any atom is 0.358 e. The molecule has 8 heteroatoms. The van der Waals surface area contributed by atoms with Crippen molar-refractivity contribution in [3.63, 3.8) is 0 Å². The molecule has 0 fully saturated rings. The molecule has 0 aliphatic rings. The number of rotatable bonds is 5. The normalized spacial score (nSPS) is 10.8. The van der Waals surface area contributed by atoms with Gasteiger partial charge in [0.05, 0.1) is 18.3 Å². The third kappa shape index (κ3) is 2.45. The maximum atomic E-state index is 10.7. The number of carbonyl (C=O) groups is 1. The largest absolute Gasteiger partial charge is 0.476 e. The molecule has 0 unspecified atom stereocenters. The monoisotopic (exact) mass is 289 g/mol. The fourth-order valence-corrected chi connectivity index (χ4v) is 2.59. The minimum atomic E-state index is -1.07. The highest BCUT2D eigenvalue weighted by Gasteiger charge is 2.08. The summed E-state index contributed by atoms with van der Waals surface area (Å²) in [4.78, 5) is 10.7. The van der Waals surface area contributed by atoms with Gasteiger partial charge in [-0.2, -0.15) is 4.37 Å². The van der Waals surface area contributed by atoms with Gasteiger partial charge in [-0.3, -0.25) is 0 Å². The van der Waals surface area contributed by atoms with Crippen LogP contribution in [0.15, 0.2) is 30.5 Å². The zero-order chi connectivity index (χ0) is 13.9. The summed E-state index contributed by atoms with van der Waals surface area (Å²) in [6, 6.07) is 7.90. The Morgan fingerprint density at radius 1 is 1.40 bits per heavy atom. The molecule has 2 N–H and O–H groups in total. The number of hydrogen-bond acceptors (Lipinski definition) is 6. The summed E-state index contributed by atoms with van der Waals surface area (Å²) < 4.78 is 5.84. The Kier molecular flexibility index (Phi) is 3.30. The second-order valence-electron chi connectivity index (χ2n) is 4.13. The maximum absolute atomic E-state index is 10.7. The van der Waals surface area contributed by atoms with Crippen LogP contribution in [0.2, 0.25) is 0 Å². The van der Waals surface area contributed by atoms with Gasteiger partial charge in [-0.15, -0.1) is 5.10 Å². The first-order valence-electron chi connectivity index (χ1n) is 5.96. The number of hydrogen-bond donors (Lipinski definition) is 2. The molecule has 2 heterocycles. The summed E-state index contributed by atoms with van der Waals surface area (Å²) in [5.41, 5.74) is 0.919. The van der Waals surface area contributed by atoms with Crippen LogP contribution in [0.4, 0.5) is 5.00 Å². The Bertz CT molecular complexity index is 751. The molecular formula is C12H11N5O2S. The molecule has 7 nitrogen and oxygen atoms in total. The lowest BCUT2D eigenvalue weighted by Crippen LogP contribution is -2.10. The highest BCUT2D eigenvalue weighted by molar-refractivity contribution is 7.11. The van der Waals surface area contributed by atoms with Crippen molar-refractivity contribution in [2.24, 2.45) is 0 Å². The Morgan fingerprint density at radius 3 is 3.05 bits per heavy atom. The molecule has 0 radical (unpaired) electrons. The molecule has 0 saturated carbocycles. The van der Waals surface area contributed by atoms with E-state index in [1.807, 2.05) is 24.3 Å². The summed E-state index contributed by atoms with van der Waals surface area (Å²) in [6.07, 6.45) is 1.41. The van der Waals surface area contributed by atoms with Crippen molar-refractivity contribution < 1.29 is 9.90 Å².